The Morgan fingerprint density at radius 3 is 3.14 bits per heavy atom. The summed E-state index contributed by atoms with van der Waals surface area (Å²) in [6.07, 6.45) is 0.421. The van der Waals surface area contributed by atoms with E-state index in [0.29, 0.717) is 6.42 Å². The summed E-state index contributed by atoms with van der Waals surface area (Å²) in [6.45, 7) is 0. The number of benzene rings is 1. The van der Waals surface area contributed by atoms with E-state index >= 15 is 0 Å². The lowest BCUT2D eigenvalue weighted by Crippen LogP contribution is -1.86. The highest BCUT2D eigenvalue weighted by molar-refractivity contribution is 7.22. The lowest BCUT2D eigenvalue weighted by Gasteiger charge is -1.93. The first-order valence-electron chi connectivity index (χ1n) is 4.28. The molecule has 0 unspecified atom stereocenters. The van der Waals surface area contributed by atoms with Gasteiger partial charge in [0.05, 0.1) is 22.7 Å². The molecule has 2 rings (SSSR count). The van der Waals surface area contributed by atoms with Gasteiger partial charge in [0, 0.05) is 7.05 Å². The Labute approximate surface area is 86.0 Å². The lowest BCUT2D eigenvalue weighted by molar-refractivity contribution is 1.27. The average molecular weight is 203 g/mol. The van der Waals surface area contributed by atoms with Crippen molar-refractivity contribution in [2.75, 3.05) is 12.4 Å². The molecule has 3 nitrogen and oxygen atoms in total. The van der Waals surface area contributed by atoms with Crippen LogP contribution in [-0.2, 0) is 6.42 Å². The monoisotopic (exact) mass is 203 g/mol. The highest BCUT2D eigenvalue weighted by atomic mass is 32.1. The van der Waals surface area contributed by atoms with Gasteiger partial charge in [-0.3, -0.25) is 0 Å². The molecule has 0 aliphatic carbocycles. The number of thiazole rings is 1. The van der Waals surface area contributed by atoms with E-state index < -0.39 is 0 Å². The Kier molecular flexibility index (Phi) is 2.33. The quantitative estimate of drug-likeness (QED) is 0.815. The van der Waals surface area contributed by atoms with Gasteiger partial charge in [-0.15, -0.1) is 0 Å². The number of nitriles is 1. The molecule has 1 N–H and O–H groups in total. The minimum absolute atomic E-state index is 0.421. The van der Waals surface area contributed by atoms with E-state index in [1.54, 1.807) is 11.3 Å². The van der Waals surface area contributed by atoms with Crippen LogP contribution >= 0.6 is 11.3 Å². The second kappa shape index (κ2) is 3.64. The third-order valence-corrected chi connectivity index (χ3v) is 3.02. The number of anilines is 1. The molecular weight excluding hydrogens is 194 g/mol. The first-order chi connectivity index (χ1) is 6.85. The Balaban J connectivity index is 2.62. The number of nitrogens with zero attached hydrogens (tertiary/aromatic N) is 2. The fourth-order valence-electron chi connectivity index (χ4n) is 1.34. The van der Waals surface area contributed by atoms with E-state index in [1.807, 2.05) is 25.2 Å². The first kappa shape index (κ1) is 8.97. The zero-order valence-electron chi connectivity index (χ0n) is 7.74. The van der Waals surface area contributed by atoms with Gasteiger partial charge in [-0.05, 0) is 11.6 Å². The molecule has 0 radical (unpaired) electrons. The van der Waals surface area contributed by atoms with Crippen LogP contribution in [0.2, 0.25) is 0 Å². The first-order valence-corrected chi connectivity index (χ1v) is 5.10. The Hall–Kier alpha value is -1.60. The number of rotatable bonds is 2. The lowest BCUT2D eigenvalue weighted by atomic mass is 10.1. The van der Waals surface area contributed by atoms with E-state index in [4.69, 9.17) is 5.26 Å². The molecule has 0 bridgehead atoms. The summed E-state index contributed by atoms with van der Waals surface area (Å²) in [5.41, 5.74) is 1.95. The Morgan fingerprint density at radius 2 is 2.43 bits per heavy atom. The van der Waals surface area contributed by atoms with Gasteiger partial charge in [0.1, 0.15) is 0 Å². The molecule has 1 aromatic carbocycles. The Bertz CT molecular complexity index is 496. The average Bonchev–Trinajstić information content (AvgIpc) is 2.62. The molecule has 70 valence electrons. The predicted octanol–water partition coefficient (Wildman–Crippen LogP) is 2.40. The SMILES string of the molecule is CNc1nc2c(CC#N)cccc2s1. The maximum Gasteiger partial charge on any atom is 0.183 e. The van der Waals surface area contributed by atoms with E-state index in [1.165, 1.54) is 0 Å². The van der Waals surface area contributed by atoms with E-state index in [-0.39, 0.29) is 0 Å². The Morgan fingerprint density at radius 1 is 1.57 bits per heavy atom. The van der Waals surface area contributed by atoms with Crippen LogP contribution in [0.25, 0.3) is 10.2 Å². The summed E-state index contributed by atoms with van der Waals surface area (Å²) >= 11 is 1.61. The number of hydrogen-bond acceptors (Lipinski definition) is 4. The molecule has 0 saturated heterocycles. The van der Waals surface area contributed by atoms with Crippen LogP contribution < -0.4 is 5.32 Å². The molecule has 0 amide bonds. The molecule has 0 aliphatic rings. The number of para-hydroxylation sites is 1. The molecule has 0 atom stereocenters. The van der Waals surface area contributed by atoms with Gasteiger partial charge in [0.25, 0.3) is 0 Å². The molecule has 2 aromatic rings. The van der Waals surface area contributed by atoms with Gasteiger partial charge in [-0.1, -0.05) is 23.5 Å². The van der Waals surface area contributed by atoms with Crippen molar-refractivity contribution >= 4 is 26.7 Å². The predicted molar refractivity (Wildman–Crippen MR) is 58.5 cm³/mol. The highest BCUT2D eigenvalue weighted by Gasteiger charge is 2.05. The minimum Gasteiger partial charge on any atom is -0.365 e. The largest absolute Gasteiger partial charge is 0.365 e. The van der Waals surface area contributed by atoms with Gasteiger partial charge in [0.15, 0.2) is 5.13 Å². The van der Waals surface area contributed by atoms with Crippen LogP contribution in [0.3, 0.4) is 0 Å². The van der Waals surface area contributed by atoms with Crippen molar-refractivity contribution in [2.24, 2.45) is 0 Å². The molecule has 1 aromatic heterocycles. The molecule has 0 fully saturated rings. The van der Waals surface area contributed by atoms with Crippen molar-refractivity contribution in [1.29, 1.82) is 5.26 Å². The minimum atomic E-state index is 0.421. The van der Waals surface area contributed by atoms with Crippen LogP contribution in [-0.4, -0.2) is 12.0 Å². The van der Waals surface area contributed by atoms with Crippen LogP contribution in [0, 0.1) is 11.3 Å². The molecule has 0 spiro atoms. The summed E-state index contributed by atoms with van der Waals surface area (Å²) in [4.78, 5) is 4.41. The van der Waals surface area contributed by atoms with Gasteiger partial charge in [0.2, 0.25) is 0 Å². The smallest absolute Gasteiger partial charge is 0.183 e. The second-order valence-electron chi connectivity index (χ2n) is 2.87. The molecule has 0 aliphatic heterocycles. The maximum atomic E-state index is 8.65. The topological polar surface area (TPSA) is 48.7 Å². The van der Waals surface area contributed by atoms with Gasteiger partial charge >= 0.3 is 0 Å². The van der Waals surface area contributed by atoms with Crippen molar-refractivity contribution in [3.05, 3.63) is 23.8 Å². The van der Waals surface area contributed by atoms with Crippen LogP contribution in [0.4, 0.5) is 5.13 Å². The molecule has 4 heteroatoms. The fourth-order valence-corrected chi connectivity index (χ4v) is 2.21. The van der Waals surface area contributed by atoms with Gasteiger partial charge < -0.3 is 5.32 Å². The number of fused-ring (bicyclic) bond motifs is 1. The van der Waals surface area contributed by atoms with E-state index in [2.05, 4.69) is 16.4 Å². The molecule has 14 heavy (non-hydrogen) atoms. The fraction of sp³-hybridized carbons (Fsp3) is 0.200. The van der Waals surface area contributed by atoms with E-state index in [0.717, 1.165) is 20.9 Å². The summed E-state index contributed by atoms with van der Waals surface area (Å²) < 4.78 is 1.13. The highest BCUT2D eigenvalue weighted by Crippen LogP contribution is 2.27. The molecule has 1 heterocycles. The summed E-state index contributed by atoms with van der Waals surface area (Å²) in [7, 11) is 1.85. The molecule has 0 saturated carbocycles. The van der Waals surface area contributed by atoms with Crippen LogP contribution in [0.15, 0.2) is 18.2 Å². The maximum absolute atomic E-state index is 8.65. The number of nitrogens with one attached hydrogen (secondary N) is 1. The summed E-state index contributed by atoms with van der Waals surface area (Å²) in [6, 6.07) is 8.08. The van der Waals surface area contributed by atoms with Crippen molar-refractivity contribution in [1.82, 2.24) is 4.98 Å². The van der Waals surface area contributed by atoms with Crippen LogP contribution in [0.1, 0.15) is 5.56 Å². The normalized spacial score (nSPS) is 10.0. The van der Waals surface area contributed by atoms with Crippen molar-refractivity contribution in [3.8, 4) is 6.07 Å². The van der Waals surface area contributed by atoms with Gasteiger partial charge in [-0.25, -0.2) is 4.98 Å². The van der Waals surface area contributed by atoms with Crippen LogP contribution in [0.5, 0.6) is 0 Å². The van der Waals surface area contributed by atoms with E-state index in [9.17, 15) is 0 Å². The van der Waals surface area contributed by atoms with Crippen molar-refractivity contribution in [2.45, 2.75) is 6.42 Å². The zero-order valence-corrected chi connectivity index (χ0v) is 8.56. The molecular formula is C10H9N3S. The standard InChI is InChI=1S/C10H9N3S/c1-12-10-13-9-7(5-6-11)3-2-4-8(9)14-10/h2-4H,5H2,1H3,(H,12,13). The van der Waals surface area contributed by atoms with Crippen molar-refractivity contribution < 1.29 is 0 Å². The number of aromatic nitrogens is 1. The second-order valence-corrected chi connectivity index (χ2v) is 3.90. The zero-order chi connectivity index (χ0) is 9.97. The third-order valence-electron chi connectivity index (χ3n) is 1.99. The van der Waals surface area contributed by atoms with Gasteiger partial charge in [-0.2, -0.15) is 5.26 Å². The third kappa shape index (κ3) is 1.42. The summed E-state index contributed by atoms with van der Waals surface area (Å²) in [5.74, 6) is 0. The van der Waals surface area contributed by atoms with Crippen molar-refractivity contribution in [3.63, 3.8) is 0 Å². The number of hydrogen-bond donors (Lipinski definition) is 1. The summed E-state index contributed by atoms with van der Waals surface area (Å²) in [5, 5.41) is 12.6.